The van der Waals surface area contributed by atoms with Gasteiger partial charge in [0.05, 0.1) is 0 Å². The highest BCUT2D eigenvalue weighted by atomic mass is 35.5. The van der Waals surface area contributed by atoms with Crippen molar-refractivity contribution in [3.05, 3.63) is 142 Å². The standard InChI is InChI=1S/C33H33ClN2O2/c1-25-12-14-28(15-13-25)23-35-33(38)31(22-27-10-6-3-7-11-27)36(24-29-16-19-30(34)20-17-29)32(37)21-18-26-8-4-2-5-9-26/h2-17,19-20,31H,18,21-24H2,1H3,(H,35,38)/t31-/m0/s1. The van der Waals surface area contributed by atoms with Crippen molar-refractivity contribution < 1.29 is 9.59 Å². The van der Waals surface area contributed by atoms with E-state index in [0.717, 1.165) is 22.3 Å². The summed E-state index contributed by atoms with van der Waals surface area (Å²) in [5, 5.41) is 3.72. The summed E-state index contributed by atoms with van der Waals surface area (Å²) in [6.45, 7) is 2.76. The first-order valence-electron chi connectivity index (χ1n) is 12.9. The van der Waals surface area contributed by atoms with Crippen LogP contribution in [0.2, 0.25) is 5.02 Å². The Labute approximate surface area is 230 Å². The van der Waals surface area contributed by atoms with Crippen LogP contribution in [0.15, 0.2) is 109 Å². The van der Waals surface area contributed by atoms with Crippen LogP contribution in [-0.4, -0.2) is 22.8 Å². The molecule has 0 aliphatic carbocycles. The first-order valence-corrected chi connectivity index (χ1v) is 13.3. The zero-order chi connectivity index (χ0) is 26.7. The molecule has 0 fully saturated rings. The van der Waals surface area contributed by atoms with E-state index >= 15 is 0 Å². The molecule has 0 saturated carbocycles. The Kier molecular flexibility index (Phi) is 9.71. The second kappa shape index (κ2) is 13.6. The summed E-state index contributed by atoms with van der Waals surface area (Å²) in [6, 6.07) is 34.7. The van der Waals surface area contributed by atoms with Crippen molar-refractivity contribution >= 4 is 23.4 Å². The summed E-state index contributed by atoms with van der Waals surface area (Å²) >= 11 is 6.11. The van der Waals surface area contributed by atoms with Crippen LogP contribution in [0.4, 0.5) is 0 Å². The molecular formula is C33H33ClN2O2. The fraction of sp³-hybridized carbons (Fsp3) is 0.212. The van der Waals surface area contributed by atoms with E-state index < -0.39 is 6.04 Å². The summed E-state index contributed by atoms with van der Waals surface area (Å²) in [5.74, 6) is -0.230. The fourth-order valence-corrected chi connectivity index (χ4v) is 4.52. The van der Waals surface area contributed by atoms with Gasteiger partial charge < -0.3 is 10.2 Å². The second-order valence-corrected chi connectivity index (χ2v) is 9.98. The minimum absolute atomic E-state index is 0.0600. The van der Waals surface area contributed by atoms with Gasteiger partial charge in [-0.15, -0.1) is 0 Å². The molecule has 0 unspecified atom stereocenters. The molecule has 0 aromatic heterocycles. The number of hydrogen-bond acceptors (Lipinski definition) is 2. The molecule has 194 valence electrons. The van der Waals surface area contributed by atoms with Gasteiger partial charge in [-0.1, -0.05) is 114 Å². The van der Waals surface area contributed by atoms with E-state index in [2.05, 4.69) is 5.32 Å². The molecule has 1 N–H and O–H groups in total. The average Bonchev–Trinajstić information content (AvgIpc) is 2.95. The van der Waals surface area contributed by atoms with E-state index in [-0.39, 0.29) is 11.8 Å². The molecule has 4 rings (SSSR count). The monoisotopic (exact) mass is 524 g/mol. The lowest BCUT2D eigenvalue weighted by atomic mass is 10.0. The quantitative estimate of drug-likeness (QED) is 0.242. The Morgan fingerprint density at radius 3 is 1.95 bits per heavy atom. The number of nitrogens with one attached hydrogen (secondary N) is 1. The summed E-state index contributed by atoms with van der Waals surface area (Å²) in [7, 11) is 0. The third-order valence-electron chi connectivity index (χ3n) is 6.59. The Balaban J connectivity index is 1.60. The van der Waals surface area contributed by atoms with Crippen LogP contribution in [0.5, 0.6) is 0 Å². The lowest BCUT2D eigenvalue weighted by Crippen LogP contribution is -2.50. The molecule has 0 radical (unpaired) electrons. The molecule has 0 bridgehead atoms. The number of aryl methyl sites for hydroxylation is 2. The Bertz CT molecular complexity index is 1310. The second-order valence-electron chi connectivity index (χ2n) is 9.54. The van der Waals surface area contributed by atoms with Gasteiger partial charge in [0.15, 0.2) is 0 Å². The van der Waals surface area contributed by atoms with Crippen molar-refractivity contribution in [2.24, 2.45) is 0 Å². The third kappa shape index (κ3) is 8.06. The predicted molar refractivity (Wildman–Crippen MR) is 154 cm³/mol. The summed E-state index contributed by atoms with van der Waals surface area (Å²) in [4.78, 5) is 29.2. The van der Waals surface area contributed by atoms with Crippen molar-refractivity contribution in [3.8, 4) is 0 Å². The Morgan fingerprint density at radius 1 is 0.737 bits per heavy atom. The van der Waals surface area contributed by atoms with E-state index in [1.807, 2.05) is 116 Å². The number of amides is 2. The van der Waals surface area contributed by atoms with Gasteiger partial charge in [0.25, 0.3) is 0 Å². The molecule has 4 aromatic rings. The molecule has 5 heteroatoms. The molecule has 2 amide bonds. The van der Waals surface area contributed by atoms with Gasteiger partial charge in [-0.25, -0.2) is 0 Å². The molecule has 0 saturated heterocycles. The van der Waals surface area contributed by atoms with Gasteiger partial charge in [-0.05, 0) is 47.7 Å². The fourth-order valence-electron chi connectivity index (χ4n) is 4.39. The summed E-state index contributed by atoms with van der Waals surface area (Å²) < 4.78 is 0. The number of benzene rings is 4. The van der Waals surface area contributed by atoms with E-state index in [1.165, 1.54) is 5.56 Å². The molecule has 4 aromatic carbocycles. The highest BCUT2D eigenvalue weighted by Gasteiger charge is 2.30. The maximum absolute atomic E-state index is 13.8. The molecule has 0 heterocycles. The van der Waals surface area contributed by atoms with Gasteiger partial charge in [0.1, 0.15) is 6.04 Å². The number of carbonyl (C=O) groups is 2. The van der Waals surface area contributed by atoms with E-state index in [4.69, 9.17) is 11.6 Å². The lowest BCUT2D eigenvalue weighted by molar-refractivity contribution is -0.141. The largest absolute Gasteiger partial charge is 0.350 e. The van der Waals surface area contributed by atoms with Crippen molar-refractivity contribution in [3.63, 3.8) is 0 Å². The predicted octanol–water partition coefficient (Wildman–Crippen LogP) is 6.54. The third-order valence-corrected chi connectivity index (χ3v) is 6.85. The van der Waals surface area contributed by atoms with Gasteiger partial charge >= 0.3 is 0 Å². The van der Waals surface area contributed by atoms with Crippen LogP contribution in [0.3, 0.4) is 0 Å². The van der Waals surface area contributed by atoms with Gasteiger partial charge in [0.2, 0.25) is 11.8 Å². The number of hydrogen-bond donors (Lipinski definition) is 1. The summed E-state index contributed by atoms with van der Waals surface area (Å²) in [6.07, 6.45) is 1.35. The molecular weight excluding hydrogens is 492 g/mol. The van der Waals surface area contributed by atoms with Crippen LogP contribution in [0, 0.1) is 6.92 Å². The van der Waals surface area contributed by atoms with Crippen LogP contribution in [-0.2, 0) is 35.5 Å². The Hall–Kier alpha value is -3.89. The van der Waals surface area contributed by atoms with E-state index in [0.29, 0.717) is 37.4 Å². The first kappa shape index (κ1) is 27.2. The molecule has 0 spiro atoms. The summed E-state index contributed by atoms with van der Waals surface area (Å²) in [5.41, 5.74) is 5.20. The van der Waals surface area contributed by atoms with E-state index in [1.54, 1.807) is 4.90 Å². The van der Waals surface area contributed by atoms with Crippen LogP contribution < -0.4 is 5.32 Å². The maximum Gasteiger partial charge on any atom is 0.243 e. The number of carbonyl (C=O) groups excluding carboxylic acids is 2. The van der Waals surface area contributed by atoms with Crippen LogP contribution >= 0.6 is 11.6 Å². The topological polar surface area (TPSA) is 49.4 Å². The SMILES string of the molecule is Cc1ccc(CNC(=O)[C@H](Cc2ccccc2)N(Cc2ccc(Cl)cc2)C(=O)CCc2ccccc2)cc1. The van der Waals surface area contributed by atoms with Gasteiger partial charge in [-0.3, -0.25) is 9.59 Å². The minimum atomic E-state index is -0.665. The van der Waals surface area contributed by atoms with Crippen LogP contribution in [0.25, 0.3) is 0 Å². The molecule has 0 aliphatic heterocycles. The van der Waals surface area contributed by atoms with Gasteiger partial charge in [-0.2, -0.15) is 0 Å². The number of rotatable bonds is 11. The zero-order valence-electron chi connectivity index (χ0n) is 21.6. The van der Waals surface area contributed by atoms with Gasteiger partial charge in [0, 0.05) is 31.0 Å². The molecule has 0 aliphatic rings. The Morgan fingerprint density at radius 2 is 1.32 bits per heavy atom. The van der Waals surface area contributed by atoms with Crippen molar-refractivity contribution in [1.29, 1.82) is 0 Å². The minimum Gasteiger partial charge on any atom is -0.350 e. The number of halogens is 1. The smallest absolute Gasteiger partial charge is 0.243 e. The van der Waals surface area contributed by atoms with Crippen molar-refractivity contribution in [1.82, 2.24) is 10.2 Å². The lowest BCUT2D eigenvalue weighted by Gasteiger charge is -2.32. The maximum atomic E-state index is 13.8. The number of nitrogens with zero attached hydrogens (tertiary/aromatic N) is 1. The van der Waals surface area contributed by atoms with E-state index in [9.17, 15) is 9.59 Å². The molecule has 38 heavy (non-hydrogen) atoms. The average molecular weight is 525 g/mol. The molecule has 4 nitrogen and oxygen atoms in total. The molecule has 1 atom stereocenters. The zero-order valence-corrected chi connectivity index (χ0v) is 22.4. The highest BCUT2D eigenvalue weighted by Crippen LogP contribution is 2.19. The van der Waals surface area contributed by atoms with Crippen LogP contribution in [0.1, 0.15) is 34.2 Å². The normalized spacial score (nSPS) is 11.5. The van der Waals surface area contributed by atoms with Crippen molar-refractivity contribution in [2.45, 2.75) is 45.3 Å². The van der Waals surface area contributed by atoms with Crippen molar-refractivity contribution in [2.75, 3.05) is 0 Å². The highest BCUT2D eigenvalue weighted by molar-refractivity contribution is 6.30. The first-order chi connectivity index (χ1) is 18.5.